The number of likely N-dealkylation sites (N-methyl/N-ethyl adjacent to an activating group) is 1. The van der Waals surface area contributed by atoms with Crippen LogP contribution in [0.2, 0.25) is 0 Å². The largest absolute Gasteiger partial charge is 0.496 e. The topological polar surface area (TPSA) is 55.6 Å². The molecule has 0 aliphatic rings. The SMILES string of the molecule is CCN(CCN)C(=O)c1cc(C)ccc1OC. The Balaban J connectivity index is 3.04. The van der Waals surface area contributed by atoms with Crippen LogP contribution in [0.25, 0.3) is 0 Å². The lowest BCUT2D eigenvalue weighted by molar-refractivity contribution is 0.0765. The van der Waals surface area contributed by atoms with Gasteiger partial charge in [0.05, 0.1) is 12.7 Å². The van der Waals surface area contributed by atoms with Crippen molar-refractivity contribution in [3.8, 4) is 5.75 Å². The average Bonchev–Trinajstić information content (AvgIpc) is 2.35. The first-order valence-corrected chi connectivity index (χ1v) is 5.78. The van der Waals surface area contributed by atoms with Crippen molar-refractivity contribution in [2.45, 2.75) is 13.8 Å². The number of nitrogens with zero attached hydrogens (tertiary/aromatic N) is 1. The van der Waals surface area contributed by atoms with Crippen molar-refractivity contribution in [1.82, 2.24) is 4.90 Å². The number of carbonyl (C=O) groups excluding carboxylic acids is 1. The highest BCUT2D eigenvalue weighted by Crippen LogP contribution is 2.21. The average molecular weight is 236 g/mol. The van der Waals surface area contributed by atoms with Crippen LogP contribution in [-0.4, -0.2) is 37.6 Å². The predicted molar refractivity (Wildman–Crippen MR) is 68.4 cm³/mol. The van der Waals surface area contributed by atoms with Crippen molar-refractivity contribution in [2.75, 3.05) is 26.7 Å². The Morgan fingerprint density at radius 1 is 1.47 bits per heavy atom. The van der Waals surface area contributed by atoms with E-state index in [4.69, 9.17) is 10.5 Å². The number of ether oxygens (including phenoxy) is 1. The summed E-state index contributed by atoms with van der Waals surface area (Å²) >= 11 is 0. The molecular formula is C13H20N2O2. The first kappa shape index (κ1) is 13.5. The number of benzene rings is 1. The maximum Gasteiger partial charge on any atom is 0.257 e. The quantitative estimate of drug-likeness (QED) is 0.841. The Bertz CT molecular complexity index is 391. The van der Waals surface area contributed by atoms with Crippen molar-refractivity contribution in [3.63, 3.8) is 0 Å². The molecule has 0 aliphatic heterocycles. The summed E-state index contributed by atoms with van der Waals surface area (Å²) in [6.07, 6.45) is 0. The molecule has 0 aromatic heterocycles. The van der Waals surface area contributed by atoms with Gasteiger partial charge in [0, 0.05) is 19.6 Å². The minimum Gasteiger partial charge on any atom is -0.496 e. The molecule has 0 unspecified atom stereocenters. The number of rotatable bonds is 5. The van der Waals surface area contributed by atoms with E-state index >= 15 is 0 Å². The standard InChI is InChI=1S/C13H20N2O2/c1-4-15(8-7-14)13(16)11-9-10(2)5-6-12(11)17-3/h5-6,9H,4,7-8,14H2,1-3H3. The number of hydrogen-bond acceptors (Lipinski definition) is 3. The molecule has 0 aliphatic carbocycles. The highest BCUT2D eigenvalue weighted by atomic mass is 16.5. The molecule has 4 nitrogen and oxygen atoms in total. The molecule has 0 saturated heterocycles. The number of aryl methyl sites for hydroxylation is 1. The third-order valence-corrected chi connectivity index (χ3v) is 2.65. The fraction of sp³-hybridized carbons (Fsp3) is 0.462. The van der Waals surface area contributed by atoms with Crippen molar-refractivity contribution in [2.24, 2.45) is 5.73 Å². The summed E-state index contributed by atoms with van der Waals surface area (Å²) in [5, 5.41) is 0. The molecular weight excluding hydrogens is 216 g/mol. The maximum atomic E-state index is 12.3. The van der Waals surface area contributed by atoms with E-state index in [1.807, 2.05) is 32.0 Å². The normalized spacial score (nSPS) is 10.1. The molecule has 0 atom stereocenters. The van der Waals surface area contributed by atoms with Crippen LogP contribution in [0.15, 0.2) is 18.2 Å². The number of nitrogens with two attached hydrogens (primary N) is 1. The van der Waals surface area contributed by atoms with Gasteiger partial charge in [-0.25, -0.2) is 0 Å². The molecule has 0 heterocycles. The zero-order chi connectivity index (χ0) is 12.8. The second-order valence-electron chi connectivity index (χ2n) is 3.88. The first-order valence-electron chi connectivity index (χ1n) is 5.78. The summed E-state index contributed by atoms with van der Waals surface area (Å²) in [5.74, 6) is 0.578. The van der Waals surface area contributed by atoms with Crippen LogP contribution < -0.4 is 10.5 Å². The highest BCUT2D eigenvalue weighted by Gasteiger charge is 2.17. The fourth-order valence-corrected chi connectivity index (χ4v) is 1.72. The zero-order valence-electron chi connectivity index (χ0n) is 10.7. The van der Waals surface area contributed by atoms with Crippen LogP contribution in [-0.2, 0) is 0 Å². The van der Waals surface area contributed by atoms with Crippen molar-refractivity contribution in [1.29, 1.82) is 0 Å². The minimum atomic E-state index is -0.0292. The van der Waals surface area contributed by atoms with Gasteiger partial charge in [0.15, 0.2) is 0 Å². The molecule has 0 radical (unpaired) electrons. The Labute approximate surface area is 102 Å². The van der Waals surface area contributed by atoms with E-state index < -0.39 is 0 Å². The zero-order valence-corrected chi connectivity index (χ0v) is 10.7. The number of carbonyl (C=O) groups is 1. The van der Waals surface area contributed by atoms with Gasteiger partial charge in [-0.1, -0.05) is 11.6 Å². The second-order valence-corrected chi connectivity index (χ2v) is 3.88. The molecule has 4 heteroatoms. The number of hydrogen-bond donors (Lipinski definition) is 1. The van der Waals surface area contributed by atoms with Crippen LogP contribution in [0.1, 0.15) is 22.8 Å². The molecule has 0 spiro atoms. The third kappa shape index (κ3) is 3.20. The molecule has 17 heavy (non-hydrogen) atoms. The third-order valence-electron chi connectivity index (χ3n) is 2.65. The summed E-state index contributed by atoms with van der Waals surface area (Å²) in [4.78, 5) is 14.0. The number of amides is 1. The van der Waals surface area contributed by atoms with E-state index in [1.165, 1.54) is 0 Å². The van der Waals surface area contributed by atoms with Crippen molar-refractivity contribution in [3.05, 3.63) is 29.3 Å². The predicted octanol–water partition coefficient (Wildman–Crippen LogP) is 1.42. The molecule has 1 aromatic carbocycles. The van der Waals surface area contributed by atoms with E-state index in [-0.39, 0.29) is 5.91 Å². The van der Waals surface area contributed by atoms with Gasteiger partial charge >= 0.3 is 0 Å². The van der Waals surface area contributed by atoms with Crippen LogP contribution in [0.3, 0.4) is 0 Å². The van der Waals surface area contributed by atoms with E-state index in [9.17, 15) is 4.79 Å². The smallest absolute Gasteiger partial charge is 0.257 e. The lowest BCUT2D eigenvalue weighted by Crippen LogP contribution is -2.35. The Kier molecular flexibility index (Phi) is 4.97. The summed E-state index contributed by atoms with van der Waals surface area (Å²) in [7, 11) is 1.57. The molecule has 2 N–H and O–H groups in total. The molecule has 0 fully saturated rings. The van der Waals surface area contributed by atoms with Gasteiger partial charge < -0.3 is 15.4 Å². The van der Waals surface area contributed by atoms with Crippen molar-refractivity contribution >= 4 is 5.91 Å². The molecule has 1 rings (SSSR count). The first-order chi connectivity index (χ1) is 8.13. The molecule has 94 valence electrons. The van der Waals surface area contributed by atoms with Crippen LogP contribution >= 0.6 is 0 Å². The lowest BCUT2D eigenvalue weighted by Gasteiger charge is -2.21. The van der Waals surface area contributed by atoms with Crippen LogP contribution in [0, 0.1) is 6.92 Å². The van der Waals surface area contributed by atoms with E-state index in [2.05, 4.69) is 0 Å². The van der Waals surface area contributed by atoms with Gasteiger partial charge in [-0.2, -0.15) is 0 Å². The van der Waals surface area contributed by atoms with Crippen LogP contribution in [0.5, 0.6) is 5.75 Å². The Hall–Kier alpha value is -1.55. The summed E-state index contributed by atoms with van der Waals surface area (Å²) in [5.41, 5.74) is 7.14. The second kappa shape index (κ2) is 6.25. The van der Waals surface area contributed by atoms with Crippen molar-refractivity contribution < 1.29 is 9.53 Å². The molecule has 0 saturated carbocycles. The lowest BCUT2D eigenvalue weighted by atomic mass is 10.1. The van der Waals surface area contributed by atoms with Gasteiger partial charge in [-0.3, -0.25) is 4.79 Å². The fourth-order valence-electron chi connectivity index (χ4n) is 1.72. The number of methoxy groups -OCH3 is 1. The van der Waals surface area contributed by atoms with Gasteiger partial charge in [0.25, 0.3) is 5.91 Å². The summed E-state index contributed by atoms with van der Waals surface area (Å²) in [6, 6.07) is 5.59. The Morgan fingerprint density at radius 3 is 2.71 bits per heavy atom. The van der Waals surface area contributed by atoms with Gasteiger partial charge in [-0.05, 0) is 26.0 Å². The van der Waals surface area contributed by atoms with E-state index in [1.54, 1.807) is 12.0 Å². The molecule has 0 bridgehead atoms. The molecule has 1 amide bonds. The highest BCUT2D eigenvalue weighted by molar-refractivity contribution is 5.97. The minimum absolute atomic E-state index is 0.0292. The monoisotopic (exact) mass is 236 g/mol. The summed E-state index contributed by atoms with van der Waals surface area (Å²) in [6.45, 7) is 5.57. The molecule has 1 aromatic rings. The van der Waals surface area contributed by atoms with E-state index in [0.29, 0.717) is 30.9 Å². The van der Waals surface area contributed by atoms with Gasteiger partial charge in [0.2, 0.25) is 0 Å². The maximum absolute atomic E-state index is 12.3. The van der Waals surface area contributed by atoms with E-state index in [0.717, 1.165) is 5.56 Å². The Morgan fingerprint density at radius 2 is 2.18 bits per heavy atom. The van der Waals surface area contributed by atoms with Gasteiger partial charge in [0.1, 0.15) is 5.75 Å². The van der Waals surface area contributed by atoms with Crippen LogP contribution in [0.4, 0.5) is 0 Å². The van der Waals surface area contributed by atoms with Gasteiger partial charge in [-0.15, -0.1) is 0 Å². The summed E-state index contributed by atoms with van der Waals surface area (Å²) < 4.78 is 5.22.